The molecule has 0 saturated carbocycles. The molecule has 0 bridgehead atoms. The third kappa shape index (κ3) is 2.86. The van der Waals surface area contributed by atoms with E-state index in [1.807, 2.05) is 37.3 Å². The van der Waals surface area contributed by atoms with Crippen LogP contribution < -0.4 is 0 Å². The van der Waals surface area contributed by atoms with Crippen LogP contribution in [0.4, 0.5) is 0 Å². The van der Waals surface area contributed by atoms with Crippen molar-refractivity contribution in [3.8, 4) is 0 Å². The highest BCUT2D eigenvalue weighted by atomic mass is 35.5. The highest BCUT2D eigenvalue weighted by molar-refractivity contribution is 6.31. The first-order valence-corrected chi connectivity index (χ1v) is 5.14. The molecule has 0 radical (unpaired) electrons. The van der Waals surface area contributed by atoms with Crippen LogP contribution >= 0.6 is 11.6 Å². The van der Waals surface area contributed by atoms with Gasteiger partial charge in [0.25, 0.3) is 0 Å². The highest BCUT2D eigenvalue weighted by Gasteiger charge is 2.12. The van der Waals surface area contributed by atoms with Gasteiger partial charge in [0.05, 0.1) is 6.10 Å². The second-order valence-electron chi connectivity index (χ2n) is 2.99. The molecule has 0 aliphatic carbocycles. The molecule has 1 rings (SSSR count). The molecule has 0 fully saturated rings. The van der Waals surface area contributed by atoms with E-state index in [9.17, 15) is 0 Å². The van der Waals surface area contributed by atoms with E-state index in [4.69, 9.17) is 16.3 Å². The molecule has 1 atom stereocenters. The van der Waals surface area contributed by atoms with Gasteiger partial charge in [-0.05, 0) is 25.0 Å². The number of ether oxygens (including phenoxy) is 1. The summed E-state index contributed by atoms with van der Waals surface area (Å²) in [5, 5.41) is 0.757. The van der Waals surface area contributed by atoms with Crippen LogP contribution in [-0.4, -0.2) is 6.61 Å². The van der Waals surface area contributed by atoms with Crippen molar-refractivity contribution in [1.82, 2.24) is 0 Å². The molecule has 0 aliphatic rings. The Morgan fingerprint density at radius 3 is 2.79 bits per heavy atom. The van der Waals surface area contributed by atoms with Crippen LogP contribution in [0.2, 0.25) is 5.02 Å². The summed E-state index contributed by atoms with van der Waals surface area (Å²) in [6.45, 7) is 6.38. The van der Waals surface area contributed by atoms with Gasteiger partial charge in [-0.3, -0.25) is 0 Å². The van der Waals surface area contributed by atoms with Crippen molar-refractivity contribution in [2.24, 2.45) is 0 Å². The summed E-state index contributed by atoms with van der Waals surface area (Å²) in [6, 6.07) is 7.76. The zero-order chi connectivity index (χ0) is 10.4. The summed E-state index contributed by atoms with van der Waals surface area (Å²) in [6.07, 6.45) is 2.67. The van der Waals surface area contributed by atoms with Gasteiger partial charge in [-0.15, -0.1) is 6.58 Å². The molecule has 0 heterocycles. The maximum atomic E-state index is 6.08. The van der Waals surface area contributed by atoms with Crippen LogP contribution in [0.3, 0.4) is 0 Å². The van der Waals surface area contributed by atoms with Gasteiger partial charge in [0.15, 0.2) is 0 Å². The van der Waals surface area contributed by atoms with E-state index in [1.54, 1.807) is 0 Å². The standard InChI is InChI=1S/C12H15ClO/c1-3-7-12(14-4-2)10-8-5-6-9-11(10)13/h3,5-6,8-9,12H,1,4,7H2,2H3. The van der Waals surface area contributed by atoms with Gasteiger partial charge in [-0.2, -0.15) is 0 Å². The van der Waals surface area contributed by atoms with Crippen molar-refractivity contribution < 1.29 is 4.74 Å². The molecular formula is C12H15ClO. The van der Waals surface area contributed by atoms with Crippen molar-refractivity contribution in [2.45, 2.75) is 19.4 Å². The van der Waals surface area contributed by atoms with Crippen molar-refractivity contribution in [3.05, 3.63) is 47.5 Å². The fourth-order valence-electron chi connectivity index (χ4n) is 1.37. The Hall–Kier alpha value is -0.790. The Kier molecular flexibility index (Phi) is 4.71. The van der Waals surface area contributed by atoms with Crippen LogP contribution in [0.25, 0.3) is 0 Å². The average Bonchev–Trinajstić information content (AvgIpc) is 2.18. The molecule has 14 heavy (non-hydrogen) atoms. The number of halogens is 1. The maximum absolute atomic E-state index is 6.08. The predicted molar refractivity (Wildman–Crippen MR) is 60.6 cm³/mol. The first kappa shape index (κ1) is 11.3. The molecular weight excluding hydrogens is 196 g/mol. The second kappa shape index (κ2) is 5.84. The smallest absolute Gasteiger partial charge is 0.0873 e. The minimum atomic E-state index is 0.0335. The van der Waals surface area contributed by atoms with Gasteiger partial charge in [0.1, 0.15) is 0 Å². The van der Waals surface area contributed by atoms with Gasteiger partial charge in [-0.1, -0.05) is 35.9 Å². The summed E-state index contributed by atoms with van der Waals surface area (Å²) >= 11 is 6.08. The molecule has 0 saturated heterocycles. The van der Waals surface area contributed by atoms with Crippen LogP contribution in [0.5, 0.6) is 0 Å². The Balaban J connectivity index is 2.86. The van der Waals surface area contributed by atoms with Gasteiger partial charge in [0, 0.05) is 11.6 Å². The van der Waals surface area contributed by atoms with Crippen LogP contribution in [0.1, 0.15) is 25.0 Å². The minimum absolute atomic E-state index is 0.0335. The van der Waals surface area contributed by atoms with E-state index in [0.29, 0.717) is 6.61 Å². The van der Waals surface area contributed by atoms with E-state index >= 15 is 0 Å². The van der Waals surface area contributed by atoms with Gasteiger partial charge in [0.2, 0.25) is 0 Å². The molecule has 1 aromatic carbocycles. The SMILES string of the molecule is C=CCC(OCC)c1ccccc1Cl. The lowest BCUT2D eigenvalue weighted by atomic mass is 10.1. The van der Waals surface area contributed by atoms with Crippen LogP contribution in [-0.2, 0) is 4.74 Å². The number of benzene rings is 1. The molecule has 76 valence electrons. The van der Waals surface area contributed by atoms with E-state index < -0.39 is 0 Å². The molecule has 1 aromatic rings. The number of hydrogen-bond donors (Lipinski definition) is 0. The molecule has 2 heteroatoms. The molecule has 1 unspecified atom stereocenters. The lowest BCUT2D eigenvalue weighted by Gasteiger charge is -2.16. The predicted octanol–water partition coefficient (Wildman–Crippen LogP) is 3.99. The summed E-state index contributed by atoms with van der Waals surface area (Å²) in [5.74, 6) is 0. The maximum Gasteiger partial charge on any atom is 0.0873 e. The summed E-state index contributed by atoms with van der Waals surface area (Å²) < 4.78 is 5.59. The summed E-state index contributed by atoms with van der Waals surface area (Å²) in [5.41, 5.74) is 1.04. The molecule has 0 spiro atoms. The lowest BCUT2D eigenvalue weighted by molar-refractivity contribution is 0.0649. The third-order valence-corrected chi connectivity index (χ3v) is 2.34. The Bertz CT molecular complexity index is 296. The van der Waals surface area contributed by atoms with Crippen molar-refractivity contribution in [3.63, 3.8) is 0 Å². The van der Waals surface area contributed by atoms with E-state index in [2.05, 4.69) is 6.58 Å². The largest absolute Gasteiger partial charge is 0.373 e. The Morgan fingerprint density at radius 2 is 2.21 bits per heavy atom. The van der Waals surface area contributed by atoms with Gasteiger partial charge in [-0.25, -0.2) is 0 Å². The highest BCUT2D eigenvalue weighted by Crippen LogP contribution is 2.27. The second-order valence-corrected chi connectivity index (χ2v) is 3.40. The van der Waals surface area contributed by atoms with Gasteiger partial charge >= 0.3 is 0 Å². The molecule has 0 N–H and O–H groups in total. The van der Waals surface area contributed by atoms with Crippen LogP contribution in [0, 0.1) is 0 Å². The first-order valence-electron chi connectivity index (χ1n) is 4.76. The fraction of sp³-hybridized carbons (Fsp3) is 0.333. The summed E-state index contributed by atoms with van der Waals surface area (Å²) in [4.78, 5) is 0. The monoisotopic (exact) mass is 210 g/mol. The molecule has 0 aromatic heterocycles. The normalized spacial score (nSPS) is 12.4. The minimum Gasteiger partial charge on any atom is -0.373 e. The van der Waals surface area contributed by atoms with Gasteiger partial charge < -0.3 is 4.74 Å². The van der Waals surface area contributed by atoms with E-state index in [0.717, 1.165) is 17.0 Å². The van der Waals surface area contributed by atoms with Crippen LogP contribution in [0.15, 0.2) is 36.9 Å². The number of hydrogen-bond acceptors (Lipinski definition) is 1. The first-order chi connectivity index (χ1) is 6.79. The Labute approximate surface area is 90.3 Å². The van der Waals surface area contributed by atoms with E-state index in [-0.39, 0.29) is 6.10 Å². The Morgan fingerprint density at radius 1 is 1.50 bits per heavy atom. The lowest BCUT2D eigenvalue weighted by Crippen LogP contribution is -2.03. The molecule has 0 amide bonds. The summed E-state index contributed by atoms with van der Waals surface area (Å²) in [7, 11) is 0. The molecule has 1 nitrogen and oxygen atoms in total. The average molecular weight is 211 g/mol. The molecule has 0 aliphatic heterocycles. The van der Waals surface area contributed by atoms with E-state index in [1.165, 1.54) is 0 Å². The quantitative estimate of drug-likeness (QED) is 0.668. The fourth-order valence-corrected chi connectivity index (χ4v) is 1.63. The van der Waals surface area contributed by atoms with Crippen molar-refractivity contribution in [2.75, 3.05) is 6.61 Å². The topological polar surface area (TPSA) is 9.23 Å². The zero-order valence-corrected chi connectivity index (χ0v) is 9.13. The third-order valence-electron chi connectivity index (χ3n) is 2.00. The zero-order valence-electron chi connectivity index (χ0n) is 8.37. The van der Waals surface area contributed by atoms with Crippen molar-refractivity contribution in [1.29, 1.82) is 0 Å². The van der Waals surface area contributed by atoms with Crippen molar-refractivity contribution >= 4 is 11.6 Å². The number of rotatable bonds is 5.